The van der Waals surface area contributed by atoms with Crippen molar-refractivity contribution < 1.29 is 23.8 Å². The number of ether oxygens (including phenoxy) is 1. The Kier molecular flexibility index (Phi) is 4.07. The molecule has 0 radical (unpaired) electrons. The van der Waals surface area contributed by atoms with Crippen LogP contribution in [0.5, 0.6) is 5.75 Å². The van der Waals surface area contributed by atoms with E-state index in [2.05, 4.69) is 15.3 Å². The Hall–Kier alpha value is -3.03. The highest BCUT2D eigenvalue weighted by Crippen LogP contribution is 2.18. The summed E-state index contributed by atoms with van der Waals surface area (Å²) in [6.45, 7) is 0. The van der Waals surface area contributed by atoms with E-state index < -0.39 is 23.4 Å². The van der Waals surface area contributed by atoms with Crippen molar-refractivity contribution in [2.45, 2.75) is 0 Å². The Morgan fingerprint density at radius 1 is 1.29 bits per heavy atom. The van der Waals surface area contributed by atoms with Gasteiger partial charge in [-0.15, -0.1) is 0 Å². The van der Waals surface area contributed by atoms with Gasteiger partial charge in [0.1, 0.15) is 0 Å². The maximum Gasteiger partial charge on any atom is 0.358 e. The third-order valence-corrected chi connectivity index (χ3v) is 2.55. The van der Waals surface area contributed by atoms with Gasteiger partial charge in [0.05, 0.1) is 7.11 Å². The molecule has 2 aromatic rings. The SMILES string of the molecule is COc1ccc(C(=O)Nc2nccnc2C(=O)O)cc1F. The lowest BCUT2D eigenvalue weighted by Gasteiger charge is -2.07. The lowest BCUT2D eigenvalue weighted by atomic mass is 10.2. The fourth-order valence-electron chi connectivity index (χ4n) is 1.57. The Morgan fingerprint density at radius 2 is 2.00 bits per heavy atom. The van der Waals surface area contributed by atoms with Crippen LogP contribution in [-0.2, 0) is 0 Å². The molecule has 0 atom stereocenters. The average molecular weight is 291 g/mol. The van der Waals surface area contributed by atoms with Crippen molar-refractivity contribution in [1.82, 2.24) is 9.97 Å². The molecule has 108 valence electrons. The lowest BCUT2D eigenvalue weighted by molar-refractivity contribution is 0.0691. The molecule has 0 aliphatic heterocycles. The fourth-order valence-corrected chi connectivity index (χ4v) is 1.57. The van der Waals surface area contributed by atoms with E-state index in [0.29, 0.717) is 0 Å². The quantitative estimate of drug-likeness (QED) is 0.886. The number of benzene rings is 1. The largest absolute Gasteiger partial charge is 0.494 e. The normalized spacial score (nSPS) is 10.0. The van der Waals surface area contributed by atoms with Gasteiger partial charge in [-0.2, -0.15) is 0 Å². The molecule has 1 aromatic heterocycles. The van der Waals surface area contributed by atoms with Crippen molar-refractivity contribution in [1.29, 1.82) is 0 Å². The van der Waals surface area contributed by atoms with Crippen LogP contribution in [0.1, 0.15) is 20.8 Å². The summed E-state index contributed by atoms with van der Waals surface area (Å²) in [4.78, 5) is 30.2. The summed E-state index contributed by atoms with van der Waals surface area (Å²) in [5.41, 5.74) is -0.407. The molecule has 0 saturated carbocycles. The van der Waals surface area contributed by atoms with E-state index in [9.17, 15) is 14.0 Å². The highest BCUT2D eigenvalue weighted by atomic mass is 19.1. The monoisotopic (exact) mass is 291 g/mol. The number of hydrogen-bond acceptors (Lipinski definition) is 5. The first kappa shape index (κ1) is 14.4. The number of carboxylic acids is 1. The van der Waals surface area contributed by atoms with Crippen molar-refractivity contribution in [2.24, 2.45) is 0 Å². The molecule has 0 bridgehead atoms. The number of amides is 1. The van der Waals surface area contributed by atoms with Gasteiger partial charge in [0, 0.05) is 18.0 Å². The third kappa shape index (κ3) is 3.11. The molecule has 0 aliphatic carbocycles. The molecule has 2 N–H and O–H groups in total. The van der Waals surface area contributed by atoms with Crippen LogP contribution in [0.15, 0.2) is 30.6 Å². The molecule has 0 unspecified atom stereocenters. The molecule has 0 fully saturated rings. The van der Waals surface area contributed by atoms with Crippen molar-refractivity contribution in [2.75, 3.05) is 12.4 Å². The summed E-state index contributed by atoms with van der Waals surface area (Å²) in [7, 11) is 1.30. The Morgan fingerprint density at radius 3 is 2.62 bits per heavy atom. The van der Waals surface area contributed by atoms with Crippen LogP contribution >= 0.6 is 0 Å². The van der Waals surface area contributed by atoms with Gasteiger partial charge in [-0.3, -0.25) is 4.79 Å². The minimum atomic E-state index is -1.33. The van der Waals surface area contributed by atoms with Crippen LogP contribution in [0.2, 0.25) is 0 Å². The second-order valence-electron chi connectivity index (χ2n) is 3.86. The van der Waals surface area contributed by atoms with Crippen molar-refractivity contribution in [3.05, 3.63) is 47.7 Å². The van der Waals surface area contributed by atoms with Gasteiger partial charge in [-0.1, -0.05) is 0 Å². The maximum absolute atomic E-state index is 13.5. The number of aromatic nitrogens is 2. The number of carbonyl (C=O) groups excluding carboxylic acids is 1. The number of methoxy groups -OCH3 is 1. The number of hydrogen-bond donors (Lipinski definition) is 2. The molecule has 1 heterocycles. The molecule has 8 heteroatoms. The minimum absolute atomic E-state index is 0.00252. The average Bonchev–Trinajstić information content (AvgIpc) is 2.47. The second-order valence-corrected chi connectivity index (χ2v) is 3.86. The van der Waals surface area contributed by atoms with Gasteiger partial charge in [0.15, 0.2) is 23.1 Å². The van der Waals surface area contributed by atoms with Crippen LogP contribution in [0.4, 0.5) is 10.2 Å². The van der Waals surface area contributed by atoms with Crippen LogP contribution in [0.3, 0.4) is 0 Å². The summed E-state index contributed by atoms with van der Waals surface area (Å²) in [6.07, 6.45) is 2.42. The first-order chi connectivity index (χ1) is 10.0. The number of rotatable bonds is 4. The standard InChI is InChI=1S/C13H10FN3O4/c1-21-9-3-2-7(6-8(9)14)12(18)17-11-10(13(19)20)15-4-5-16-11/h2-6H,1H3,(H,19,20)(H,16,17,18). The van der Waals surface area contributed by atoms with Crippen LogP contribution < -0.4 is 10.1 Å². The molecule has 0 spiro atoms. The molecule has 1 aromatic carbocycles. The molecule has 21 heavy (non-hydrogen) atoms. The van der Waals surface area contributed by atoms with Gasteiger partial charge < -0.3 is 15.2 Å². The van der Waals surface area contributed by atoms with Gasteiger partial charge in [0.25, 0.3) is 5.91 Å². The topological polar surface area (TPSA) is 101 Å². The van der Waals surface area contributed by atoms with Crippen LogP contribution in [0, 0.1) is 5.82 Å². The number of carbonyl (C=O) groups is 2. The number of anilines is 1. The highest BCUT2D eigenvalue weighted by molar-refractivity contribution is 6.06. The summed E-state index contributed by atoms with van der Waals surface area (Å²) >= 11 is 0. The summed E-state index contributed by atoms with van der Waals surface area (Å²) in [5, 5.41) is 11.2. The van der Waals surface area contributed by atoms with E-state index in [1.165, 1.54) is 31.6 Å². The molecular weight excluding hydrogens is 281 g/mol. The summed E-state index contributed by atoms with van der Waals surface area (Å²) < 4.78 is 18.3. The summed E-state index contributed by atoms with van der Waals surface area (Å²) in [5.74, 6) is -2.97. The first-order valence-corrected chi connectivity index (χ1v) is 5.72. The fraction of sp³-hybridized carbons (Fsp3) is 0.0769. The molecule has 1 amide bonds. The van der Waals surface area contributed by atoms with E-state index in [1.807, 2.05) is 0 Å². The molecule has 7 nitrogen and oxygen atoms in total. The third-order valence-electron chi connectivity index (χ3n) is 2.55. The highest BCUT2D eigenvalue weighted by Gasteiger charge is 2.17. The number of aromatic carboxylic acids is 1. The van der Waals surface area contributed by atoms with E-state index in [1.54, 1.807) is 0 Å². The first-order valence-electron chi connectivity index (χ1n) is 5.72. The van der Waals surface area contributed by atoms with Gasteiger partial charge in [0.2, 0.25) is 0 Å². The second kappa shape index (κ2) is 5.95. The molecule has 0 saturated heterocycles. The van der Waals surface area contributed by atoms with E-state index >= 15 is 0 Å². The molecular formula is C13H10FN3O4. The lowest BCUT2D eigenvalue weighted by Crippen LogP contribution is -2.17. The van der Waals surface area contributed by atoms with Crippen molar-refractivity contribution in [3.8, 4) is 5.75 Å². The number of nitrogens with one attached hydrogen (secondary N) is 1. The van der Waals surface area contributed by atoms with Gasteiger partial charge in [-0.25, -0.2) is 19.2 Å². The minimum Gasteiger partial charge on any atom is -0.494 e. The smallest absolute Gasteiger partial charge is 0.358 e. The van der Waals surface area contributed by atoms with Crippen LogP contribution in [-0.4, -0.2) is 34.1 Å². The predicted octanol–water partition coefficient (Wildman–Crippen LogP) is 1.57. The van der Waals surface area contributed by atoms with E-state index in [0.717, 1.165) is 6.07 Å². The predicted molar refractivity (Wildman–Crippen MR) is 69.9 cm³/mol. The number of nitrogens with zero attached hydrogens (tertiary/aromatic N) is 2. The molecule has 2 rings (SSSR count). The zero-order valence-corrected chi connectivity index (χ0v) is 10.8. The molecule has 0 aliphatic rings. The summed E-state index contributed by atoms with van der Waals surface area (Å²) in [6, 6.07) is 3.61. The Labute approximate surface area is 118 Å². The Balaban J connectivity index is 2.26. The van der Waals surface area contributed by atoms with E-state index in [-0.39, 0.29) is 17.1 Å². The van der Waals surface area contributed by atoms with Gasteiger partial charge >= 0.3 is 5.97 Å². The zero-order valence-electron chi connectivity index (χ0n) is 10.8. The zero-order chi connectivity index (χ0) is 15.4. The maximum atomic E-state index is 13.5. The van der Waals surface area contributed by atoms with Crippen molar-refractivity contribution in [3.63, 3.8) is 0 Å². The van der Waals surface area contributed by atoms with E-state index in [4.69, 9.17) is 9.84 Å². The number of halogens is 1. The Bertz CT molecular complexity index is 706. The van der Waals surface area contributed by atoms with Crippen LogP contribution in [0.25, 0.3) is 0 Å². The number of carboxylic acid groups (broad SMARTS) is 1. The van der Waals surface area contributed by atoms with Crippen molar-refractivity contribution >= 4 is 17.7 Å². The van der Waals surface area contributed by atoms with Gasteiger partial charge in [-0.05, 0) is 18.2 Å².